The number of aliphatic hydroxyl groups excluding tert-OH is 1. The molecule has 2 aromatic rings. The van der Waals surface area contributed by atoms with Gasteiger partial charge in [0.25, 0.3) is 5.91 Å². The number of rotatable bonds is 6. The Bertz CT molecular complexity index is 597. The summed E-state index contributed by atoms with van der Waals surface area (Å²) in [6.45, 7) is 4.03. The fraction of sp³-hybridized carbons (Fsp3) is 0.375. The zero-order valence-corrected chi connectivity index (χ0v) is 12.8. The summed E-state index contributed by atoms with van der Waals surface area (Å²) in [6.07, 6.45) is 7.09. The Morgan fingerprint density at radius 2 is 2.14 bits per heavy atom. The van der Waals surface area contributed by atoms with Gasteiger partial charge in [-0.15, -0.1) is 0 Å². The monoisotopic (exact) mass is 300 g/mol. The second-order valence-electron chi connectivity index (χ2n) is 5.08. The van der Waals surface area contributed by atoms with Crippen LogP contribution in [0.15, 0.2) is 36.9 Å². The molecule has 6 heteroatoms. The summed E-state index contributed by atoms with van der Waals surface area (Å²) in [7, 11) is 0. The van der Waals surface area contributed by atoms with Crippen LogP contribution in [0.5, 0.6) is 0 Å². The van der Waals surface area contributed by atoms with Crippen molar-refractivity contribution in [3.8, 4) is 0 Å². The number of nitrogens with zero attached hydrogens (tertiary/aromatic N) is 4. The topological polar surface area (TPSA) is 79.2 Å². The highest BCUT2D eigenvalue weighted by atomic mass is 16.3. The highest BCUT2D eigenvalue weighted by Crippen LogP contribution is 2.13. The summed E-state index contributed by atoms with van der Waals surface area (Å²) in [5, 5.41) is 9.57. The predicted molar refractivity (Wildman–Crippen MR) is 82.0 cm³/mol. The van der Waals surface area contributed by atoms with Gasteiger partial charge in [0.2, 0.25) is 0 Å². The molecule has 0 saturated carbocycles. The van der Waals surface area contributed by atoms with Gasteiger partial charge in [0.05, 0.1) is 24.5 Å². The Morgan fingerprint density at radius 3 is 2.68 bits per heavy atom. The van der Waals surface area contributed by atoms with Crippen LogP contribution in [0.1, 0.15) is 35.1 Å². The van der Waals surface area contributed by atoms with E-state index in [1.807, 2.05) is 26.0 Å². The number of hydrogen-bond donors (Lipinski definition) is 1. The second-order valence-corrected chi connectivity index (χ2v) is 5.08. The van der Waals surface area contributed by atoms with Gasteiger partial charge in [0, 0.05) is 25.1 Å². The number of aromatic nitrogens is 3. The van der Waals surface area contributed by atoms with E-state index in [0.717, 1.165) is 11.3 Å². The smallest absolute Gasteiger partial charge is 0.274 e. The lowest BCUT2D eigenvalue weighted by Crippen LogP contribution is -2.42. The van der Waals surface area contributed by atoms with Crippen molar-refractivity contribution < 1.29 is 9.90 Å². The zero-order chi connectivity index (χ0) is 15.9. The minimum atomic E-state index is -0.268. The van der Waals surface area contributed by atoms with E-state index < -0.39 is 0 Å². The normalized spacial score (nSPS) is 12.0. The maximum Gasteiger partial charge on any atom is 0.274 e. The van der Waals surface area contributed by atoms with Gasteiger partial charge in [-0.3, -0.25) is 14.8 Å². The van der Waals surface area contributed by atoms with E-state index >= 15 is 0 Å². The van der Waals surface area contributed by atoms with Crippen LogP contribution in [0.4, 0.5) is 0 Å². The van der Waals surface area contributed by atoms with E-state index in [9.17, 15) is 9.90 Å². The Kier molecular flexibility index (Phi) is 5.55. The molecule has 6 nitrogen and oxygen atoms in total. The van der Waals surface area contributed by atoms with Crippen LogP contribution < -0.4 is 0 Å². The van der Waals surface area contributed by atoms with Crippen LogP contribution in [0, 0.1) is 6.92 Å². The number of carbonyl (C=O) groups is 1. The van der Waals surface area contributed by atoms with Crippen molar-refractivity contribution in [2.24, 2.45) is 0 Å². The second kappa shape index (κ2) is 7.61. The summed E-state index contributed by atoms with van der Waals surface area (Å²) >= 11 is 0. The van der Waals surface area contributed by atoms with E-state index in [1.54, 1.807) is 23.5 Å². The van der Waals surface area contributed by atoms with Gasteiger partial charge in [-0.25, -0.2) is 4.98 Å². The summed E-state index contributed by atoms with van der Waals surface area (Å²) in [4.78, 5) is 26.7. The van der Waals surface area contributed by atoms with Gasteiger partial charge >= 0.3 is 0 Å². The number of pyridine rings is 1. The molecule has 1 N–H and O–H groups in total. The lowest BCUT2D eigenvalue weighted by Gasteiger charge is -2.29. The highest BCUT2D eigenvalue weighted by Gasteiger charge is 2.24. The summed E-state index contributed by atoms with van der Waals surface area (Å²) in [6, 6.07) is 3.46. The maximum absolute atomic E-state index is 12.7. The molecule has 2 rings (SSSR count). The molecule has 0 saturated heterocycles. The van der Waals surface area contributed by atoms with Crippen molar-refractivity contribution in [2.75, 3.05) is 6.61 Å². The molecule has 0 radical (unpaired) electrons. The Morgan fingerprint density at radius 1 is 1.32 bits per heavy atom. The number of carbonyl (C=O) groups excluding carboxylic acids is 1. The molecular formula is C16H20N4O2. The quantitative estimate of drug-likeness (QED) is 0.876. The van der Waals surface area contributed by atoms with Crippen LogP contribution in [0.3, 0.4) is 0 Å². The first-order valence-electron chi connectivity index (χ1n) is 7.25. The molecule has 1 atom stereocenters. The molecule has 0 aliphatic heterocycles. The number of amides is 1. The third-order valence-corrected chi connectivity index (χ3v) is 3.46. The molecule has 0 aromatic carbocycles. The van der Waals surface area contributed by atoms with E-state index in [2.05, 4.69) is 15.0 Å². The number of hydrogen-bond acceptors (Lipinski definition) is 5. The molecule has 0 spiro atoms. The largest absolute Gasteiger partial charge is 0.394 e. The first kappa shape index (κ1) is 16.0. The fourth-order valence-electron chi connectivity index (χ4n) is 2.15. The molecule has 22 heavy (non-hydrogen) atoms. The molecule has 0 bridgehead atoms. The predicted octanol–water partition coefficient (Wildman–Crippen LogP) is 1.59. The van der Waals surface area contributed by atoms with Crippen molar-refractivity contribution in [1.82, 2.24) is 19.9 Å². The van der Waals surface area contributed by atoms with Crippen LogP contribution in [0.2, 0.25) is 0 Å². The average molecular weight is 300 g/mol. The molecule has 0 aliphatic rings. The summed E-state index contributed by atoms with van der Waals surface area (Å²) in [5.74, 6) is -0.239. The number of aryl methyl sites for hydroxylation is 1. The SMILES string of the molecule is CCC(CO)N(Cc1cccnc1)C(=O)c1cnc(C)cn1. The van der Waals surface area contributed by atoms with Crippen LogP contribution >= 0.6 is 0 Å². The van der Waals surface area contributed by atoms with Crippen LogP contribution in [-0.4, -0.2) is 43.5 Å². The Labute approximate surface area is 129 Å². The van der Waals surface area contributed by atoms with E-state index in [4.69, 9.17) is 0 Å². The van der Waals surface area contributed by atoms with E-state index in [0.29, 0.717) is 13.0 Å². The third-order valence-electron chi connectivity index (χ3n) is 3.46. The molecular weight excluding hydrogens is 280 g/mol. The van der Waals surface area contributed by atoms with Gasteiger partial charge in [-0.1, -0.05) is 13.0 Å². The van der Waals surface area contributed by atoms with Gasteiger partial charge < -0.3 is 10.0 Å². The van der Waals surface area contributed by atoms with Gasteiger partial charge in [-0.05, 0) is 25.0 Å². The first-order valence-corrected chi connectivity index (χ1v) is 7.25. The molecule has 0 aliphatic carbocycles. The standard InChI is InChI=1S/C16H20N4O2/c1-3-14(11-21)20(10-13-5-4-6-17-8-13)16(22)15-9-18-12(2)7-19-15/h4-9,14,21H,3,10-11H2,1-2H3. The summed E-state index contributed by atoms with van der Waals surface area (Å²) < 4.78 is 0. The van der Waals surface area contributed by atoms with E-state index in [1.165, 1.54) is 6.20 Å². The minimum Gasteiger partial charge on any atom is -0.394 e. The first-order chi connectivity index (χ1) is 10.7. The van der Waals surface area contributed by atoms with Gasteiger partial charge in [0.1, 0.15) is 5.69 Å². The highest BCUT2D eigenvalue weighted by molar-refractivity contribution is 5.92. The minimum absolute atomic E-state index is 0.0954. The van der Waals surface area contributed by atoms with Gasteiger partial charge in [-0.2, -0.15) is 0 Å². The lowest BCUT2D eigenvalue weighted by molar-refractivity contribution is 0.0557. The third kappa shape index (κ3) is 3.85. The van der Waals surface area contributed by atoms with Crippen molar-refractivity contribution >= 4 is 5.91 Å². The molecule has 0 fully saturated rings. The fourth-order valence-corrected chi connectivity index (χ4v) is 2.15. The van der Waals surface area contributed by atoms with Crippen LogP contribution in [-0.2, 0) is 6.54 Å². The average Bonchev–Trinajstić information content (AvgIpc) is 2.56. The van der Waals surface area contributed by atoms with Crippen molar-refractivity contribution in [1.29, 1.82) is 0 Å². The Hall–Kier alpha value is -2.34. The lowest BCUT2D eigenvalue weighted by atomic mass is 10.1. The molecule has 116 valence electrons. The zero-order valence-electron chi connectivity index (χ0n) is 12.8. The summed E-state index contributed by atoms with van der Waals surface area (Å²) in [5.41, 5.74) is 1.94. The maximum atomic E-state index is 12.7. The van der Waals surface area contributed by atoms with Crippen molar-refractivity contribution in [3.05, 3.63) is 53.9 Å². The Balaban J connectivity index is 2.27. The molecule has 2 heterocycles. The number of aliphatic hydroxyl groups is 1. The van der Waals surface area contributed by atoms with Crippen molar-refractivity contribution in [2.45, 2.75) is 32.9 Å². The van der Waals surface area contributed by atoms with E-state index in [-0.39, 0.29) is 24.2 Å². The van der Waals surface area contributed by atoms with Gasteiger partial charge in [0.15, 0.2) is 0 Å². The van der Waals surface area contributed by atoms with Crippen LogP contribution in [0.25, 0.3) is 0 Å². The van der Waals surface area contributed by atoms with Crippen molar-refractivity contribution in [3.63, 3.8) is 0 Å². The molecule has 2 aromatic heterocycles. The molecule has 1 unspecified atom stereocenters. The molecule has 1 amide bonds.